The summed E-state index contributed by atoms with van der Waals surface area (Å²) >= 11 is 0. The molecular weight excluding hydrogens is 360 g/mol. The van der Waals surface area contributed by atoms with Gasteiger partial charge in [0.05, 0.1) is 0 Å². The number of likely N-dealkylation sites (tertiary alicyclic amines) is 1. The van der Waals surface area contributed by atoms with Crippen LogP contribution in [0.3, 0.4) is 0 Å². The van der Waals surface area contributed by atoms with Gasteiger partial charge in [0, 0.05) is 45.1 Å². The highest BCUT2D eigenvalue weighted by Gasteiger charge is 2.28. The zero-order chi connectivity index (χ0) is 20.7. The molecule has 1 fully saturated rings. The maximum absolute atomic E-state index is 12.3. The molecular formula is C19H34N6O3. The van der Waals surface area contributed by atoms with Crippen molar-refractivity contribution < 1.29 is 14.1 Å². The van der Waals surface area contributed by atoms with E-state index in [4.69, 9.17) is 9.26 Å². The lowest BCUT2D eigenvalue weighted by Crippen LogP contribution is -2.53. The molecule has 9 nitrogen and oxygen atoms in total. The van der Waals surface area contributed by atoms with Gasteiger partial charge in [-0.15, -0.1) is 0 Å². The summed E-state index contributed by atoms with van der Waals surface area (Å²) in [6.07, 6.45) is 2.25. The van der Waals surface area contributed by atoms with E-state index in [-0.39, 0.29) is 18.1 Å². The number of aliphatic imine (C=N–C) groups is 1. The quantitative estimate of drug-likeness (QED) is 0.583. The van der Waals surface area contributed by atoms with Crippen molar-refractivity contribution in [3.8, 4) is 0 Å². The van der Waals surface area contributed by atoms with Crippen molar-refractivity contribution in [1.82, 2.24) is 25.7 Å². The van der Waals surface area contributed by atoms with Crippen LogP contribution in [0.2, 0.25) is 0 Å². The normalized spacial score (nSPS) is 18.3. The molecule has 0 spiro atoms. The maximum atomic E-state index is 12.3. The molecule has 1 aliphatic rings. The Morgan fingerprint density at radius 3 is 2.79 bits per heavy atom. The maximum Gasteiger partial charge on any atom is 0.410 e. The molecule has 1 saturated heterocycles. The van der Waals surface area contributed by atoms with Crippen LogP contribution in [0.25, 0.3) is 0 Å². The highest BCUT2D eigenvalue weighted by atomic mass is 16.6. The third-order valence-corrected chi connectivity index (χ3v) is 4.27. The zero-order valence-corrected chi connectivity index (χ0v) is 17.9. The number of nitrogens with one attached hydrogen (secondary N) is 2. The molecule has 0 aliphatic carbocycles. The first-order chi connectivity index (χ1) is 13.2. The summed E-state index contributed by atoms with van der Waals surface area (Å²) in [7, 11) is 1.73. The number of piperidine rings is 1. The van der Waals surface area contributed by atoms with Gasteiger partial charge in [0.25, 0.3) is 0 Å². The van der Waals surface area contributed by atoms with Gasteiger partial charge in [-0.2, -0.15) is 4.98 Å². The van der Waals surface area contributed by atoms with E-state index < -0.39 is 5.60 Å². The molecule has 0 aromatic carbocycles. The van der Waals surface area contributed by atoms with Gasteiger partial charge < -0.3 is 24.8 Å². The number of carbonyl (C=O) groups is 1. The number of aromatic nitrogens is 2. The Morgan fingerprint density at radius 1 is 1.43 bits per heavy atom. The molecule has 0 radical (unpaired) electrons. The molecule has 1 aromatic heterocycles. The van der Waals surface area contributed by atoms with Crippen molar-refractivity contribution in [1.29, 1.82) is 0 Å². The number of guanidine groups is 1. The number of nitrogens with zero attached hydrogens (tertiary/aromatic N) is 4. The van der Waals surface area contributed by atoms with Gasteiger partial charge in [0.2, 0.25) is 5.89 Å². The van der Waals surface area contributed by atoms with Crippen molar-refractivity contribution in [2.45, 2.75) is 71.4 Å². The van der Waals surface area contributed by atoms with E-state index in [2.05, 4.69) is 25.8 Å². The highest BCUT2D eigenvalue weighted by Crippen LogP contribution is 2.15. The highest BCUT2D eigenvalue weighted by molar-refractivity contribution is 5.80. The Hall–Kier alpha value is -2.32. The second-order valence-corrected chi connectivity index (χ2v) is 8.36. The Balaban J connectivity index is 1.79. The summed E-state index contributed by atoms with van der Waals surface area (Å²) < 4.78 is 10.7. The van der Waals surface area contributed by atoms with Crippen molar-refractivity contribution in [3.63, 3.8) is 0 Å². The van der Waals surface area contributed by atoms with Crippen molar-refractivity contribution >= 4 is 12.1 Å². The molecule has 1 aliphatic heterocycles. The van der Waals surface area contributed by atoms with E-state index in [0.29, 0.717) is 37.9 Å². The van der Waals surface area contributed by atoms with Crippen LogP contribution in [0.1, 0.15) is 65.1 Å². The third-order valence-electron chi connectivity index (χ3n) is 4.27. The fourth-order valence-corrected chi connectivity index (χ4v) is 2.87. The lowest BCUT2D eigenvalue weighted by atomic mass is 10.1. The topological polar surface area (TPSA) is 105 Å². The minimum atomic E-state index is -0.487. The fraction of sp³-hybridized carbons (Fsp3) is 0.789. The molecule has 28 heavy (non-hydrogen) atoms. The average molecular weight is 395 g/mol. The first kappa shape index (κ1) is 22.0. The lowest BCUT2D eigenvalue weighted by Gasteiger charge is -2.35. The van der Waals surface area contributed by atoms with E-state index in [1.807, 2.05) is 34.6 Å². The monoisotopic (exact) mass is 394 g/mol. The second-order valence-electron chi connectivity index (χ2n) is 8.36. The van der Waals surface area contributed by atoms with Gasteiger partial charge in [-0.3, -0.25) is 4.99 Å². The van der Waals surface area contributed by atoms with Gasteiger partial charge >= 0.3 is 6.09 Å². The number of hydrogen-bond donors (Lipinski definition) is 2. The molecule has 9 heteroatoms. The molecule has 0 saturated carbocycles. The van der Waals surface area contributed by atoms with E-state index >= 15 is 0 Å². The van der Waals surface area contributed by atoms with Crippen molar-refractivity contribution in [2.24, 2.45) is 4.99 Å². The Kier molecular flexibility index (Phi) is 7.65. The van der Waals surface area contributed by atoms with Crippen LogP contribution < -0.4 is 10.6 Å². The van der Waals surface area contributed by atoms with Crippen LogP contribution in [0.15, 0.2) is 9.52 Å². The zero-order valence-electron chi connectivity index (χ0n) is 17.9. The largest absolute Gasteiger partial charge is 0.444 e. The number of amides is 1. The summed E-state index contributed by atoms with van der Waals surface area (Å²) in [4.78, 5) is 22.7. The van der Waals surface area contributed by atoms with Crippen LogP contribution in [0, 0.1) is 0 Å². The van der Waals surface area contributed by atoms with E-state index in [1.54, 1.807) is 11.9 Å². The smallest absolute Gasteiger partial charge is 0.410 e. The van der Waals surface area contributed by atoms with E-state index in [1.165, 1.54) is 0 Å². The lowest BCUT2D eigenvalue weighted by molar-refractivity contribution is 0.0193. The van der Waals surface area contributed by atoms with Crippen molar-refractivity contribution in [2.75, 3.05) is 26.7 Å². The summed E-state index contributed by atoms with van der Waals surface area (Å²) in [5.74, 6) is 2.28. The summed E-state index contributed by atoms with van der Waals surface area (Å²) in [6.45, 7) is 11.6. The van der Waals surface area contributed by atoms with Gasteiger partial charge in [-0.05, 0) is 33.6 Å². The van der Waals surface area contributed by atoms with Gasteiger partial charge in [0.15, 0.2) is 11.8 Å². The molecule has 1 unspecified atom stereocenters. The minimum Gasteiger partial charge on any atom is -0.444 e. The third kappa shape index (κ3) is 7.01. The van der Waals surface area contributed by atoms with Crippen LogP contribution in [0.4, 0.5) is 4.79 Å². The minimum absolute atomic E-state index is 0.128. The number of hydrogen-bond acceptors (Lipinski definition) is 6. The van der Waals surface area contributed by atoms with Crippen LogP contribution in [0.5, 0.6) is 0 Å². The molecule has 1 amide bonds. The number of carbonyl (C=O) groups excluding carboxylic acids is 1. The molecule has 1 aromatic rings. The van der Waals surface area contributed by atoms with Crippen LogP contribution in [-0.4, -0.2) is 65.4 Å². The fourth-order valence-electron chi connectivity index (χ4n) is 2.87. The Bertz CT molecular complexity index is 665. The number of ether oxygens (including phenoxy) is 1. The Morgan fingerprint density at radius 2 is 2.18 bits per heavy atom. The SMILES string of the molecule is CN=C(NCCc1nc(C(C)C)no1)NC1CCCN(C(=O)OC(C)(C)C)C1. The molecule has 1 atom stereocenters. The average Bonchev–Trinajstić information content (AvgIpc) is 3.09. The van der Waals surface area contributed by atoms with E-state index in [0.717, 1.165) is 18.7 Å². The van der Waals surface area contributed by atoms with E-state index in [9.17, 15) is 4.79 Å². The summed E-state index contributed by atoms with van der Waals surface area (Å²) in [6, 6.07) is 0.128. The first-order valence-electron chi connectivity index (χ1n) is 9.95. The molecule has 0 bridgehead atoms. The van der Waals surface area contributed by atoms with Crippen LogP contribution >= 0.6 is 0 Å². The summed E-state index contributed by atoms with van der Waals surface area (Å²) in [5, 5.41) is 10.6. The second kappa shape index (κ2) is 9.75. The van der Waals surface area contributed by atoms with Gasteiger partial charge in [-0.1, -0.05) is 19.0 Å². The molecule has 2 heterocycles. The predicted octanol–water partition coefficient (Wildman–Crippen LogP) is 2.30. The first-order valence-corrected chi connectivity index (χ1v) is 9.95. The standard InChI is InChI=1S/C19H34N6O3/c1-13(2)16-23-15(28-24-16)9-10-21-17(20-6)22-14-8-7-11-25(12-14)18(26)27-19(3,4)5/h13-14H,7-12H2,1-6H3,(H2,20,21,22). The summed E-state index contributed by atoms with van der Waals surface area (Å²) in [5.41, 5.74) is -0.487. The van der Waals surface area contributed by atoms with Gasteiger partial charge in [-0.25, -0.2) is 4.79 Å². The van der Waals surface area contributed by atoms with Crippen LogP contribution in [-0.2, 0) is 11.2 Å². The molecule has 2 rings (SSSR count). The predicted molar refractivity (Wildman–Crippen MR) is 107 cm³/mol. The van der Waals surface area contributed by atoms with Crippen molar-refractivity contribution in [3.05, 3.63) is 11.7 Å². The Labute approximate surface area is 167 Å². The molecule has 2 N–H and O–H groups in total. The molecule has 158 valence electrons. The van der Waals surface area contributed by atoms with Gasteiger partial charge in [0.1, 0.15) is 5.60 Å². The number of rotatable bonds is 5.